The van der Waals surface area contributed by atoms with E-state index in [9.17, 15) is 4.79 Å². The highest BCUT2D eigenvalue weighted by molar-refractivity contribution is 6.05. The Labute approximate surface area is 228 Å². The Morgan fingerprint density at radius 2 is 1.95 bits per heavy atom. The first kappa shape index (κ1) is 25.3. The molecular weight excluding hydrogens is 490 g/mol. The molecule has 0 aliphatic carbocycles. The summed E-state index contributed by atoms with van der Waals surface area (Å²) < 4.78 is 5.95. The summed E-state index contributed by atoms with van der Waals surface area (Å²) in [7, 11) is 2.15. The maximum atomic E-state index is 13.6. The van der Waals surface area contributed by atoms with Crippen LogP contribution in [-0.4, -0.2) is 71.7 Å². The molecule has 1 unspecified atom stereocenters. The number of ether oxygens (including phenoxy) is 1. The SMILES string of the molecule is CN1CCN(c2ccc(C(=O)Nn3ncc4cc(Cc5ccccn5)ccc43)c(NC3CCCCO3)c2)CC1. The lowest BCUT2D eigenvalue weighted by Gasteiger charge is -2.34. The first-order valence-corrected chi connectivity index (χ1v) is 13.8. The standard InChI is InChI=1S/C30H35N7O2/c1-35-13-15-36(16-14-35)25-9-10-26(27(20-25)33-29-7-3-5-17-39-29)30(38)34-37-28-11-8-22(18-23(28)21-32-37)19-24-6-2-4-12-31-24/h2,4,6,8-12,18,20-21,29,33H,3,5,7,13-17,19H2,1H3,(H,34,38). The Morgan fingerprint density at radius 1 is 1.05 bits per heavy atom. The number of aromatic nitrogens is 3. The number of amides is 1. The summed E-state index contributed by atoms with van der Waals surface area (Å²) in [4.78, 5) is 24.3. The summed E-state index contributed by atoms with van der Waals surface area (Å²) >= 11 is 0. The van der Waals surface area contributed by atoms with Gasteiger partial charge in [0.2, 0.25) is 0 Å². The van der Waals surface area contributed by atoms with Crippen LogP contribution in [0.2, 0.25) is 0 Å². The van der Waals surface area contributed by atoms with Crippen molar-refractivity contribution in [3.05, 3.63) is 83.8 Å². The molecule has 4 aromatic rings. The van der Waals surface area contributed by atoms with E-state index in [-0.39, 0.29) is 12.1 Å². The first-order chi connectivity index (χ1) is 19.1. The molecule has 0 spiro atoms. The number of nitrogens with zero attached hydrogens (tertiary/aromatic N) is 5. The molecule has 9 nitrogen and oxygen atoms in total. The number of nitrogens with one attached hydrogen (secondary N) is 2. The lowest BCUT2D eigenvalue weighted by Crippen LogP contribution is -2.44. The van der Waals surface area contributed by atoms with Gasteiger partial charge >= 0.3 is 0 Å². The van der Waals surface area contributed by atoms with Gasteiger partial charge in [-0.15, -0.1) is 0 Å². The van der Waals surface area contributed by atoms with Crippen LogP contribution in [0.1, 0.15) is 40.9 Å². The minimum atomic E-state index is -0.221. The lowest BCUT2D eigenvalue weighted by molar-refractivity contribution is 0.0343. The molecule has 1 amide bonds. The summed E-state index contributed by atoms with van der Waals surface area (Å²) in [6.45, 7) is 4.70. The van der Waals surface area contributed by atoms with Gasteiger partial charge in [0.25, 0.3) is 5.91 Å². The van der Waals surface area contributed by atoms with E-state index >= 15 is 0 Å². The predicted octanol–water partition coefficient (Wildman–Crippen LogP) is 4.10. The number of hydrogen-bond donors (Lipinski definition) is 2. The molecule has 2 fully saturated rings. The van der Waals surface area contributed by atoms with Crippen molar-refractivity contribution in [3.8, 4) is 0 Å². The van der Waals surface area contributed by atoms with E-state index in [4.69, 9.17) is 4.74 Å². The van der Waals surface area contributed by atoms with Crippen molar-refractivity contribution in [2.75, 3.05) is 55.5 Å². The van der Waals surface area contributed by atoms with Crippen LogP contribution in [0.5, 0.6) is 0 Å². The van der Waals surface area contributed by atoms with Crippen molar-refractivity contribution < 1.29 is 9.53 Å². The van der Waals surface area contributed by atoms with Crippen molar-refractivity contribution in [1.82, 2.24) is 19.8 Å². The fraction of sp³-hybridized carbons (Fsp3) is 0.367. The minimum Gasteiger partial charge on any atom is -0.369 e. The van der Waals surface area contributed by atoms with Crippen molar-refractivity contribution >= 4 is 28.2 Å². The molecule has 2 aromatic carbocycles. The molecule has 2 saturated heterocycles. The van der Waals surface area contributed by atoms with Crippen LogP contribution in [0.15, 0.2) is 67.0 Å². The molecule has 0 saturated carbocycles. The van der Waals surface area contributed by atoms with E-state index in [2.05, 4.69) is 55.9 Å². The zero-order valence-electron chi connectivity index (χ0n) is 22.3. The molecule has 2 aliphatic heterocycles. The molecule has 9 heteroatoms. The van der Waals surface area contributed by atoms with E-state index < -0.39 is 0 Å². The highest BCUT2D eigenvalue weighted by atomic mass is 16.5. The number of carbonyl (C=O) groups is 1. The largest absolute Gasteiger partial charge is 0.369 e. The molecule has 0 radical (unpaired) electrons. The molecule has 6 rings (SSSR count). The van der Waals surface area contributed by atoms with Crippen molar-refractivity contribution in [3.63, 3.8) is 0 Å². The quantitative estimate of drug-likeness (QED) is 0.376. The van der Waals surface area contributed by atoms with Crippen LogP contribution in [0.3, 0.4) is 0 Å². The zero-order chi connectivity index (χ0) is 26.6. The topological polar surface area (TPSA) is 87.5 Å². The average Bonchev–Trinajstić information content (AvgIpc) is 3.36. The summed E-state index contributed by atoms with van der Waals surface area (Å²) in [5.74, 6) is -0.221. The van der Waals surface area contributed by atoms with Crippen LogP contribution < -0.4 is 15.6 Å². The van der Waals surface area contributed by atoms with Crippen molar-refractivity contribution in [2.45, 2.75) is 31.9 Å². The second-order valence-electron chi connectivity index (χ2n) is 10.4. The lowest BCUT2D eigenvalue weighted by atomic mass is 10.1. The van der Waals surface area contributed by atoms with Gasteiger partial charge in [-0.3, -0.25) is 9.78 Å². The third-order valence-corrected chi connectivity index (χ3v) is 7.56. The van der Waals surface area contributed by atoms with Gasteiger partial charge in [-0.1, -0.05) is 12.1 Å². The van der Waals surface area contributed by atoms with Gasteiger partial charge in [-0.05, 0) is 74.3 Å². The van der Waals surface area contributed by atoms with Gasteiger partial charge in [-0.2, -0.15) is 9.89 Å². The molecule has 1 atom stereocenters. The van der Waals surface area contributed by atoms with Gasteiger partial charge in [0.1, 0.15) is 6.23 Å². The van der Waals surface area contributed by atoms with Crippen LogP contribution >= 0.6 is 0 Å². The molecule has 39 heavy (non-hydrogen) atoms. The van der Waals surface area contributed by atoms with Gasteiger partial charge in [0, 0.05) is 62.2 Å². The van der Waals surface area contributed by atoms with Crippen LogP contribution in [-0.2, 0) is 11.2 Å². The Morgan fingerprint density at radius 3 is 2.74 bits per heavy atom. The van der Waals surface area contributed by atoms with Gasteiger partial charge < -0.3 is 19.9 Å². The number of anilines is 2. The summed E-state index contributed by atoms with van der Waals surface area (Å²) in [6.07, 6.45) is 7.33. The van der Waals surface area contributed by atoms with E-state index in [0.717, 1.165) is 92.0 Å². The number of benzene rings is 2. The van der Waals surface area contributed by atoms with E-state index in [0.29, 0.717) is 5.56 Å². The molecule has 4 heterocycles. The second-order valence-corrected chi connectivity index (χ2v) is 10.4. The number of carbonyl (C=O) groups excluding carboxylic acids is 1. The zero-order valence-corrected chi connectivity index (χ0v) is 22.3. The van der Waals surface area contributed by atoms with Crippen molar-refractivity contribution in [1.29, 1.82) is 0 Å². The normalized spacial score (nSPS) is 18.3. The summed E-state index contributed by atoms with van der Waals surface area (Å²) in [6, 6.07) is 18.1. The van der Waals surface area contributed by atoms with Crippen LogP contribution in [0.25, 0.3) is 10.9 Å². The number of hydrogen-bond acceptors (Lipinski definition) is 7. The summed E-state index contributed by atoms with van der Waals surface area (Å²) in [5.41, 5.74) is 8.45. The fourth-order valence-electron chi connectivity index (χ4n) is 5.29. The minimum absolute atomic E-state index is 0.101. The highest BCUT2D eigenvalue weighted by Gasteiger charge is 2.21. The molecule has 2 aliphatic rings. The monoisotopic (exact) mass is 525 g/mol. The molecule has 202 valence electrons. The number of likely N-dealkylation sites (N-methyl/N-ethyl adjacent to an activating group) is 1. The number of piperazine rings is 1. The van der Waals surface area contributed by atoms with Crippen LogP contribution in [0.4, 0.5) is 11.4 Å². The molecule has 2 N–H and O–H groups in total. The number of pyridine rings is 1. The van der Waals surface area contributed by atoms with Gasteiger partial charge in [0.15, 0.2) is 0 Å². The molecular formula is C30H35N7O2. The van der Waals surface area contributed by atoms with E-state index in [1.165, 1.54) is 0 Å². The molecule has 0 bridgehead atoms. The van der Waals surface area contributed by atoms with E-state index in [1.54, 1.807) is 11.0 Å². The summed E-state index contributed by atoms with van der Waals surface area (Å²) in [5, 5.41) is 8.94. The fourth-order valence-corrected chi connectivity index (χ4v) is 5.29. The van der Waals surface area contributed by atoms with Crippen LogP contribution in [0, 0.1) is 0 Å². The number of rotatable bonds is 7. The second kappa shape index (κ2) is 11.4. The van der Waals surface area contributed by atoms with Gasteiger partial charge in [0.05, 0.1) is 23.0 Å². The van der Waals surface area contributed by atoms with E-state index in [1.807, 2.05) is 42.6 Å². The third kappa shape index (κ3) is 5.89. The highest BCUT2D eigenvalue weighted by Crippen LogP contribution is 2.28. The average molecular weight is 526 g/mol. The smallest absolute Gasteiger partial charge is 0.273 e. The number of fused-ring (bicyclic) bond motifs is 1. The third-order valence-electron chi connectivity index (χ3n) is 7.56. The Kier molecular flexibility index (Phi) is 7.42. The molecule has 2 aromatic heterocycles. The maximum Gasteiger partial charge on any atom is 0.273 e. The predicted molar refractivity (Wildman–Crippen MR) is 154 cm³/mol. The Balaban J connectivity index is 1.23. The Bertz CT molecular complexity index is 1420. The maximum absolute atomic E-state index is 13.6. The first-order valence-electron chi connectivity index (χ1n) is 13.8. The van der Waals surface area contributed by atoms with Gasteiger partial charge in [-0.25, -0.2) is 5.43 Å². The van der Waals surface area contributed by atoms with Crippen molar-refractivity contribution in [2.24, 2.45) is 0 Å². The Hall–Kier alpha value is -3.95.